The molecule has 1 aromatic heterocycles. The summed E-state index contributed by atoms with van der Waals surface area (Å²) in [5, 5.41) is 31.5. The van der Waals surface area contributed by atoms with Crippen molar-refractivity contribution in [2.75, 3.05) is 4.90 Å². The van der Waals surface area contributed by atoms with Crippen molar-refractivity contribution in [1.82, 2.24) is 4.98 Å². The molecule has 2 amide bonds. The number of aliphatic hydroxyl groups excluding tert-OH is 1. The summed E-state index contributed by atoms with van der Waals surface area (Å²) in [5.74, 6) is -5.57. The summed E-state index contributed by atoms with van der Waals surface area (Å²) in [6, 6.07) is 20.7. The van der Waals surface area contributed by atoms with Crippen LogP contribution in [0.25, 0.3) is 0 Å². The van der Waals surface area contributed by atoms with E-state index in [1.807, 2.05) is 48.5 Å². The van der Waals surface area contributed by atoms with Gasteiger partial charge in [0.15, 0.2) is 5.92 Å². The molecule has 4 aromatic rings. The lowest BCUT2D eigenvalue weighted by Crippen LogP contribution is -2.55. The molecule has 48 heavy (non-hydrogen) atoms. The normalized spacial score (nSPS) is 16.5. The van der Waals surface area contributed by atoms with Gasteiger partial charge in [0.25, 0.3) is 5.91 Å². The average molecular weight is 674 g/mol. The highest BCUT2D eigenvalue weighted by Gasteiger charge is 2.48. The van der Waals surface area contributed by atoms with Gasteiger partial charge >= 0.3 is 11.9 Å². The number of β-lactam (4-membered cyclic amide) rings is 1. The lowest BCUT2D eigenvalue weighted by molar-refractivity contribution is -0.154. The summed E-state index contributed by atoms with van der Waals surface area (Å²) in [5.41, 5.74) is 9.72. The Morgan fingerprint density at radius 3 is 2.10 bits per heavy atom. The van der Waals surface area contributed by atoms with Gasteiger partial charge in [-0.3, -0.25) is 19.2 Å². The summed E-state index contributed by atoms with van der Waals surface area (Å²) in [6.45, 7) is 0. The lowest BCUT2D eigenvalue weighted by atomic mass is 9.78. The van der Waals surface area contributed by atoms with E-state index in [9.17, 15) is 28.7 Å². The van der Waals surface area contributed by atoms with E-state index in [0.717, 1.165) is 27.4 Å². The van der Waals surface area contributed by atoms with Crippen LogP contribution >= 0.6 is 11.3 Å². The summed E-state index contributed by atoms with van der Waals surface area (Å²) in [6.07, 6.45) is 2.11. The molecule has 5 N–H and O–H groups in total. The predicted molar refractivity (Wildman–Crippen MR) is 177 cm³/mol. The number of benzene rings is 3. The molecule has 3 aromatic carbocycles. The van der Waals surface area contributed by atoms with Crippen molar-refractivity contribution < 1.29 is 38.9 Å². The van der Waals surface area contributed by atoms with Crippen LogP contribution in [0.3, 0.4) is 0 Å². The number of carbonyl (C=O) groups is 4. The second kappa shape index (κ2) is 15.3. The van der Waals surface area contributed by atoms with Crippen LogP contribution in [-0.4, -0.2) is 44.1 Å². The number of aliphatic carboxylic acids is 2. The summed E-state index contributed by atoms with van der Waals surface area (Å²) in [7, 11) is 0. The first-order chi connectivity index (χ1) is 23.0. The number of thiazole rings is 1. The molecule has 0 bridgehead atoms. The van der Waals surface area contributed by atoms with Crippen LogP contribution in [0.15, 0.2) is 78.2 Å². The summed E-state index contributed by atoms with van der Waals surface area (Å²) >= 11 is 1.38. The van der Waals surface area contributed by atoms with Gasteiger partial charge < -0.3 is 26.0 Å². The number of amides is 2. The van der Waals surface area contributed by atoms with Crippen LogP contribution in [-0.2, 0) is 33.6 Å². The van der Waals surface area contributed by atoms with Crippen molar-refractivity contribution in [1.29, 1.82) is 0 Å². The first-order valence-electron chi connectivity index (χ1n) is 15.7. The Hall–Kier alpha value is -4.94. The maximum Gasteiger partial charge on any atom is 0.317 e. The van der Waals surface area contributed by atoms with Gasteiger partial charge in [-0.25, -0.2) is 9.37 Å². The van der Waals surface area contributed by atoms with Gasteiger partial charge in [-0.05, 0) is 85.0 Å². The van der Waals surface area contributed by atoms with E-state index in [2.05, 4.69) is 4.98 Å². The first kappa shape index (κ1) is 34.4. The van der Waals surface area contributed by atoms with E-state index >= 15 is 0 Å². The number of anilines is 1. The molecule has 1 aliphatic rings. The molecule has 10 nitrogen and oxygen atoms in total. The minimum Gasteiger partial charge on any atom is -0.481 e. The molecule has 1 saturated heterocycles. The zero-order valence-electron chi connectivity index (χ0n) is 26.0. The number of aromatic nitrogens is 1. The molecule has 12 heteroatoms. The van der Waals surface area contributed by atoms with Gasteiger partial charge in [0.05, 0.1) is 23.1 Å². The lowest BCUT2D eigenvalue weighted by Gasteiger charge is -2.48. The van der Waals surface area contributed by atoms with Crippen molar-refractivity contribution in [2.45, 2.75) is 57.1 Å². The Bertz CT molecular complexity index is 1750. The molecule has 2 heterocycles. The zero-order chi connectivity index (χ0) is 34.4. The smallest absolute Gasteiger partial charge is 0.317 e. The molecule has 0 aliphatic carbocycles. The standard InChI is InChI=1S/C36H36FN3O7S/c37-25-13-11-23(12-14-25)30(41)18-17-27-32(24-9-4-21(5-10-24)2-1-3-28(35(44)45)36(46)47)40(34(27)43)26-15-6-22(7-16-26)8-19-31-39-29(20-48-31)33(38)42/h4-7,9-16,20,27-28,30,32,41H,1-3,8,17-19H2,(H2,38,42)(H,44,45)(H,46,47)/t27-,30+,32-/m1/s1. The van der Waals surface area contributed by atoms with Crippen LogP contribution in [0.2, 0.25) is 0 Å². The maximum absolute atomic E-state index is 13.6. The highest BCUT2D eigenvalue weighted by molar-refractivity contribution is 7.09. The quantitative estimate of drug-likeness (QED) is 0.0893. The van der Waals surface area contributed by atoms with Crippen molar-refractivity contribution in [2.24, 2.45) is 17.6 Å². The fraction of sp³-hybridized carbons (Fsp3) is 0.306. The predicted octanol–water partition coefficient (Wildman–Crippen LogP) is 5.49. The third-order valence-corrected chi connectivity index (χ3v) is 9.65. The van der Waals surface area contributed by atoms with Crippen molar-refractivity contribution in [3.05, 3.63) is 117 Å². The van der Waals surface area contributed by atoms with Gasteiger partial charge in [-0.1, -0.05) is 48.5 Å². The molecule has 0 unspecified atom stereocenters. The molecule has 250 valence electrons. The van der Waals surface area contributed by atoms with E-state index in [0.29, 0.717) is 44.1 Å². The van der Waals surface area contributed by atoms with Crippen molar-refractivity contribution >= 4 is 40.8 Å². The third-order valence-electron chi connectivity index (χ3n) is 8.74. The molecule has 0 radical (unpaired) electrons. The Labute approximate surface area is 280 Å². The Balaban J connectivity index is 1.29. The number of hydrogen-bond donors (Lipinski definition) is 4. The largest absolute Gasteiger partial charge is 0.481 e. The molecular formula is C36H36FN3O7S. The average Bonchev–Trinajstić information content (AvgIpc) is 3.55. The van der Waals surface area contributed by atoms with E-state index in [-0.39, 0.29) is 24.1 Å². The van der Waals surface area contributed by atoms with Crippen molar-refractivity contribution in [3.63, 3.8) is 0 Å². The van der Waals surface area contributed by atoms with Crippen LogP contribution in [0.5, 0.6) is 0 Å². The number of carboxylic acids is 2. The molecular weight excluding hydrogens is 637 g/mol. The molecule has 5 rings (SSSR count). The number of carboxylic acid groups (broad SMARTS) is 2. The number of aryl methyl sites for hydroxylation is 3. The minimum absolute atomic E-state index is 0.0179. The molecule has 0 saturated carbocycles. The van der Waals surface area contributed by atoms with Crippen LogP contribution < -0.4 is 10.6 Å². The van der Waals surface area contributed by atoms with E-state index in [1.54, 1.807) is 10.3 Å². The number of aliphatic hydroxyl groups is 1. The third kappa shape index (κ3) is 8.12. The number of nitrogens with zero attached hydrogens (tertiary/aromatic N) is 2. The second-order valence-electron chi connectivity index (χ2n) is 11.9. The fourth-order valence-electron chi connectivity index (χ4n) is 6.05. The van der Waals surface area contributed by atoms with E-state index in [4.69, 9.17) is 15.9 Å². The van der Waals surface area contributed by atoms with Gasteiger partial charge in [0, 0.05) is 17.5 Å². The second-order valence-corrected chi connectivity index (χ2v) is 12.9. The summed E-state index contributed by atoms with van der Waals surface area (Å²) in [4.78, 5) is 53.4. The van der Waals surface area contributed by atoms with Crippen LogP contribution in [0.4, 0.5) is 10.1 Å². The highest BCUT2D eigenvalue weighted by atomic mass is 32.1. The first-order valence-corrected chi connectivity index (χ1v) is 16.5. The molecule has 1 aliphatic heterocycles. The number of nitrogens with two attached hydrogens (primary N) is 1. The zero-order valence-corrected chi connectivity index (χ0v) is 26.8. The molecule has 0 spiro atoms. The molecule has 3 atom stereocenters. The molecule has 1 fully saturated rings. The van der Waals surface area contributed by atoms with Gasteiger partial charge in [0.2, 0.25) is 5.91 Å². The number of carbonyl (C=O) groups excluding carboxylic acids is 2. The summed E-state index contributed by atoms with van der Waals surface area (Å²) < 4.78 is 13.4. The van der Waals surface area contributed by atoms with Crippen LogP contribution in [0.1, 0.15) is 75.6 Å². The number of rotatable bonds is 16. The minimum atomic E-state index is -1.45. The SMILES string of the molecule is NC(=O)c1csc(CCc2ccc(N3C(=O)[C@H](CC[C@H](O)c4ccc(F)cc4)[C@H]3c3ccc(CCCC(C(=O)O)C(=O)O)cc3)cc2)n1. The number of hydrogen-bond acceptors (Lipinski definition) is 7. The van der Waals surface area contributed by atoms with Gasteiger partial charge in [-0.15, -0.1) is 11.3 Å². The Morgan fingerprint density at radius 1 is 0.875 bits per heavy atom. The highest BCUT2D eigenvalue weighted by Crippen LogP contribution is 2.46. The van der Waals surface area contributed by atoms with Crippen LogP contribution in [0, 0.1) is 17.7 Å². The number of halogens is 1. The van der Waals surface area contributed by atoms with E-state index in [1.165, 1.54) is 35.6 Å². The monoisotopic (exact) mass is 673 g/mol. The van der Waals surface area contributed by atoms with Crippen molar-refractivity contribution in [3.8, 4) is 0 Å². The fourth-order valence-corrected chi connectivity index (χ4v) is 6.83. The topological polar surface area (TPSA) is 171 Å². The van der Waals surface area contributed by atoms with Gasteiger partial charge in [0.1, 0.15) is 11.5 Å². The Morgan fingerprint density at radius 2 is 1.50 bits per heavy atom. The maximum atomic E-state index is 13.6. The Kier molecular flexibility index (Phi) is 11.0. The van der Waals surface area contributed by atoms with Gasteiger partial charge in [-0.2, -0.15) is 0 Å². The van der Waals surface area contributed by atoms with E-state index < -0.39 is 41.6 Å². The number of primary amides is 1.